The third-order valence-corrected chi connectivity index (χ3v) is 7.18. The predicted molar refractivity (Wildman–Crippen MR) is 150 cm³/mol. The number of hydrogen-bond acceptors (Lipinski definition) is 5. The SMILES string of the molecule is COc1ccc(C(C)C(=O)N2CCC[C@@H]2C(=O)Nc2nn(-c3ccccc3)cc2-c2ccccc2)cc1OC. The van der Waals surface area contributed by atoms with Gasteiger partial charge in [-0.15, -0.1) is 5.10 Å². The van der Waals surface area contributed by atoms with Crippen LogP contribution in [0.3, 0.4) is 0 Å². The van der Waals surface area contributed by atoms with Crippen molar-refractivity contribution in [2.75, 3.05) is 26.1 Å². The van der Waals surface area contributed by atoms with E-state index in [0.29, 0.717) is 30.3 Å². The highest BCUT2D eigenvalue weighted by atomic mass is 16.5. The van der Waals surface area contributed by atoms with Crippen molar-refractivity contribution < 1.29 is 19.1 Å². The Hall–Kier alpha value is -4.59. The van der Waals surface area contributed by atoms with E-state index in [4.69, 9.17) is 14.6 Å². The molecule has 5 rings (SSSR count). The summed E-state index contributed by atoms with van der Waals surface area (Å²) in [4.78, 5) is 28.9. The van der Waals surface area contributed by atoms with Crippen LogP contribution in [0.4, 0.5) is 5.82 Å². The van der Waals surface area contributed by atoms with Crippen molar-refractivity contribution in [2.45, 2.75) is 31.7 Å². The van der Waals surface area contributed by atoms with Crippen LogP contribution in [-0.4, -0.2) is 53.3 Å². The van der Waals surface area contributed by atoms with Gasteiger partial charge in [-0.25, -0.2) is 4.68 Å². The first-order valence-corrected chi connectivity index (χ1v) is 13.0. The van der Waals surface area contributed by atoms with Crippen LogP contribution in [-0.2, 0) is 9.59 Å². The molecule has 1 fully saturated rings. The molecule has 0 spiro atoms. The lowest BCUT2D eigenvalue weighted by molar-refractivity contribution is -0.137. The fourth-order valence-electron chi connectivity index (χ4n) is 5.02. The van der Waals surface area contributed by atoms with Crippen molar-refractivity contribution >= 4 is 17.6 Å². The van der Waals surface area contributed by atoms with E-state index in [1.807, 2.05) is 85.9 Å². The average Bonchev–Trinajstić information content (AvgIpc) is 3.65. The van der Waals surface area contributed by atoms with E-state index in [1.54, 1.807) is 29.9 Å². The number of carbonyl (C=O) groups is 2. The van der Waals surface area contributed by atoms with Crippen molar-refractivity contribution in [3.63, 3.8) is 0 Å². The predicted octanol–water partition coefficient (Wildman–Crippen LogP) is 5.29. The van der Waals surface area contributed by atoms with E-state index in [0.717, 1.165) is 28.8 Å². The molecule has 2 heterocycles. The van der Waals surface area contributed by atoms with Gasteiger partial charge in [0.25, 0.3) is 0 Å². The number of amides is 2. The number of aromatic nitrogens is 2. The lowest BCUT2D eigenvalue weighted by Crippen LogP contribution is -2.44. The maximum absolute atomic E-state index is 13.6. The number of ether oxygens (including phenoxy) is 2. The number of nitrogens with one attached hydrogen (secondary N) is 1. The maximum Gasteiger partial charge on any atom is 0.248 e. The summed E-state index contributed by atoms with van der Waals surface area (Å²) in [5.74, 6) is 0.836. The Labute approximate surface area is 228 Å². The maximum atomic E-state index is 13.6. The fourth-order valence-corrected chi connectivity index (χ4v) is 5.02. The Kier molecular flexibility index (Phi) is 7.63. The van der Waals surface area contributed by atoms with Gasteiger partial charge in [-0.3, -0.25) is 9.59 Å². The Morgan fingerprint density at radius 1 is 0.949 bits per heavy atom. The van der Waals surface area contributed by atoms with E-state index in [-0.39, 0.29) is 11.8 Å². The Morgan fingerprint density at radius 2 is 1.64 bits per heavy atom. The number of benzene rings is 3. The summed E-state index contributed by atoms with van der Waals surface area (Å²) < 4.78 is 12.5. The molecule has 1 N–H and O–H groups in total. The van der Waals surface area contributed by atoms with Gasteiger partial charge in [0, 0.05) is 18.3 Å². The van der Waals surface area contributed by atoms with Gasteiger partial charge in [0.1, 0.15) is 6.04 Å². The second-order valence-corrected chi connectivity index (χ2v) is 9.55. The highest BCUT2D eigenvalue weighted by Crippen LogP contribution is 2.33. The number of nitrogens with zero attached hydrogens (tertiary/aromatic N) is 3. The molecule has 4 aromatic rings. The molecule has 1 unspecified atom stereocenters. The molecule has 39 heavy (non-hydrogen) atoms. The van der Waals surface area contributed by atoms with Crippen LogP contribution >= 0.6 is 0 Å². The number of rotatable bonds is 8. The lowest BCUT2D eigenvalue weighted by atomic mass is 9.98. The number of methoxy groups -OCH3 is 2. The second kappa shape index (κ2) is 11.4. The molecule has 1 aliphatic rings. The highest BCUT2D eigenvalue weighted by molar-refractivity contribution is 6.00. The summed E-state index contributed by atoms with van der Waals surface area (Å²) in [6, 6.07) is 24.5. The van der Waals surface area contributed by atoms with Crippen molar-refractivity contribution in [2.24, 2.45) is 0 Å². The van der Waals surface area contributed by atoms with Crippen LogP contribution in [0.15, 0.2) is 85.1 Å². The normalized spacial score (nSPS) is 15.6. The first kappa shape index (κ1) is 26.0. The molecular formula is C31H32N4O4. The minimum absolute atomic E-state index is 0.0991. The minimum atomic E-state index is -0.578. The first-order valence-electron chi connectivity index (χ1n) is 13.0. The molecular weight excluding hydrogens is 492 g/mol. The summed E-state index contributed by atoms with van der Waals surface area (Å²) in [6.07, 6.45) is 3.26. The zero-order valence-corrected chi connectivity index (χ0v) is 22.3. The van der Waals surface area contributed by atoms with E-state index < -0.39 is 12.0 Å². The smallest absolute Gasteiger partial charge is 0.248 e. The van der Waals surface area contributed by atoms with Gasteiger partial charge in [0.05, 0.1) is 25.8 Å². The molecule has 2 amide bonds. The topological polar surface area (TPSA) is 85.7 Å². The first-order chi connectivity index (χ1) is 19.0. The molecule has 8 nitrogen and oxygen atoms in total. The molecule has 200 valence electrons. The highest BCUT2D eigenvalue weighted by Gasteiger charge is 2.37. The van der Waals surface area contributed by atoms with E-state index in [9.17, 15) is 9.59 Å². The van der Waals surface area contributed by atoms with Crippen LogP contribution in [0, 0.1) is 0 Å². The number of carbonyl (C=O) groups excluding carboxylic acids is 2. The number of para-hydroxylation sites is 1. The van der Waals surface area contributed by atoms with Crippen LogP contribution in [0.5, 0.6) is 11.5 Å². The second-order valence-electron chi connectivity index (χ2n) is 9.55. The molecule has 8 heteroatoms. The number of anilines is 1. The van der Waals surface area contributed by atoms with Crippen LogP contribution in [0.25, 0.3) is 16.8 Å². The summed E-state index contributed by atoms with van der Waals surface area (Å²) >= 11 is 0. The largest absolute Gasteiger partial charge is 0.493 e. The van der Waals surface area contributed by atoms with Gasteiger partial charge in [-0.2, -0.15) is 0 Å². The minimum Gasteiger partial charge on any atom is -0.493 e. The monoisotopic (exact) mass is 524 g/mol. The van der Waals surface area contributed by atoms with Gasteiger partial charge in [-0.1, -0.05) is 54.6 Å². The summed E-state index contributed by atoms with van der Waals surface area (Å²) in [7, 11) is 3.14. The van der Waals surface area contributed by atoms with Crippen molar-refractivity contribution in [1.82, 2.24) is 14.7 Å². The van der Waals surface area contributed by atoms with Crippen LogP contribution in [0.2, 0.25) is 0 Å². The molecule has 0 bridgehead atoms. The quantitative estimate of drug-likeness (QED) is 0.339. The molecule has 0 radical (unpaired) electrons. The van der Waals surface area contributed by atoms with Crippen molar-refractivity contribution in [1.29, 1.82) is 0 Å². The van der Waals surface area contributed by atoms with E-state index in [1.165, 1.54) is 0 Å². The van der Waals surface area contributed by atoms with Gasteiger partial charge >= 0.3 is 0 Å². The molecule has 1 aliphatic heterocycles. The van der Waals surface area contributed by atoms with Gasteiger partial charge < -0.3 is 19.7 Å². The van der Waals surface area contributed by atoms with E-state index >= 15 is 0 Å². The molecule has 1 saturated heterocycles. The summed E-state index contributed by atoms with van der Waals surface area (Å²) in [5.41, 5.74) is 3.44. The van der Waals surface area contributed by atoms with Gasteiger partial charge in [-0.05, 0) is 55.2 Å². The van der Waals surface area contributed by atoms with Crippen LogP contribution < -0.4 is 14.8 Å². The zero-order chi connectivity index (χ0) is 27.4. The molecule has 0 aliphatic carbocycles. The fraction of sp³-hybridized carbons (Fsp3) is 0.258. The molecule has 1 aromatic heterocycles. The third-order valence-electron chi connectivity index (χ3n) is 7.18. The Morgan fingerprint density at radius 3 is 2.33 bits per heavy atom. The average molecular weight is 525 g/mol. The third kappa shape index (κ3) is 5.36. The van der Waals surface area contributed by atoms with Crippen LogP contribution in [0.1, 0.15) is 31.2 Å². The van der Waals surface area contributed by atoms with Gasteiger partial charge in [0.2, 0.25) is 11.8 Å². The standard InChI is InChI=1S/C31H32N4O4/c1-21(23-16-17-27(38-2)28(19-23)39-3)31(37)34-18-10-15-26(34)30(36)32-29-25(22-11-6-4-7-12-22)20-35(33-29)24-13-8-5-9-14-24/h4-9,11-14,16-17,19-21,26H,10,15,18H2,1-3H3,(H,32,33,36)/t21?,26-/m1/s1. The lowest BCUT2D eigenvalue weighted by Gasteiger charge is -2.27. The number of likely N-dealkylation sites (tertiary alicyclic amines) is 1. The van der Waals surface area contributed by atoms with E-state index in [2.05, 4.69) is 5.32 Å². The Bertz CT molecular complexity index is 1450. The zero-order valence-electron chi connectivity index (χ0n) is 22.3. The molecule has 0 saturated carbocycles. The van der Waals surface area contributed by atoms with Gasteiger partial charge in [0.15, 0.2) is 17.3 Å². The summed E-state index contributed by atoms with van der Waals surface area (Å²) in [5, 5.41) is 7.75. The molecule has 2 atom stereocenters. The summed E-state index contributed by atoms with van der Waals surface area (Å²) in [6.45, 7) is 2.38. The van der Waals surface area contributed by atoms with Crippen molar-refractivity contribution in [3.8, 4) is 28.3 Å². The number of hydrogen-bond donors (Lipinski definition) is 1. The molecule has 3 aromatic carbocycles. The van der Waals surface area contributed by atoms with Crippen molar-refractivity contribution in [3.05, 3.63) is 90.6 Å². The Balaban J connectivity index is 1.38.